The van der Waals surface area contributed by atoms with Crippen LogP contribution in [-0.4, -0.2) is 29.3 Å². The Morgan fingerprint density at radius 3 is 2.68 bits per heavy atom. The van der Waals surface area contributed by atoms with Gasteiger partial charge in [0.2, 0.25) is 5.91 Å². The number of amides is 1. The Balaban J connectivity index is 1.50. The van der Waals surface area contributed by atoms with Crippen LogP contribution in [0.1, 0.15) is 11.1 Å². The van der Waals surface area contributed by atoms with Gasteiger partial charge in [-0.3, -0.25) is 4.79 Å². The van der Waals surface area contributed by atoms with E-state index >= 15 is 0 Å². The van der Waals surface area contributed by atoms with Crippen molar-refractivity contribution in [2.24, 2.45) is 0 Å². The number of nitrogens with one attached hydrogen (secondary N) is 1. The van der Waals surface area contributed by atoms with Gasteiger partial charge in [-0.2, -0.15) is 5.10 Å². The number of carbonyl (C=O) groups excluding carboxylic acids is 1. The SMILES string of the molecule is COc1ccccc1CC(=O)NCCc1cnn(-c2ccccc2)c1. The Hall–Kier alpha value is -3.08. The fraction of sp³-hybridized carbons (Fsp3) is 0.200. The molecule has 3 aromatic rings. The van der Waals surface area contributed by atoms with Crippen molar-refractivity contribution in [2.75, 3.05) is 13.7 Å². The number of carbonyl (C=O) groups is 1. The standard InChI is InChI=1S/C20H21N3O2/c1-25-19-10-6-5-7-17(19)13-20(24)21-12-11-16-14-22-23(15-16)18-8-3-2-4-9-18/h2-10,14-15H,11-13H2,1H3,(H,21,24). The number of benzene rings is 2. The Labute approximate surface area is 147 Å². The van der Waals surface area contributed by atoms with Crippen molar-refractivity contribution in [3.05, 3.63) is 78.1 Å². The largest absolute Gasteiger partial charge is 0.496 e. The van der Waals surface area contributed by atoms with E-state index in [9.17, 15) is 4.79 Å². The van der Waals surface area contributed by atoms with Gasteiger partial charge in [0.25, 0.3) is 0 Å². The van der Waals surface area contributed by atoms with E-state index in [-0.39, 0.29) is 5.91 Å². The second kappa shape index (κ2) is 8.15. The van der Waals surface area contributed by atoms with Crippen LogP contribution in [0.3, 0.4) is 0 Å². The third kappa shape index (κ3) is 4.47. The van der Waals surface area contributed by atoms with E-state index in [1.807, 2.05) is 71.7 Å². The van der Waals surface area contributed by atoms with Gasteiger partial charge in [0.15, 0.2) is 0 Å². The first kappa shape index (κ1) is 16.8. The van der Waals surface area contributed by atoms with Crippen molar-refractivity contribution < 1.29 is 9.53 Å². The summed E-state index contributed by atoms with van der Waals surface area (Å²) in [5.74, 6) is 0.724. The summed E-state index contributed by atoms with van der Waals surface area (Å²) in [6.07, 6.45) is 4.87. The first-order valence-corrected chi connectivity index (χ1v) is 8.24. The second-order valence-electron chi connectivity index (χ2n) is 5.72. The van der Waals surface area contributed by atoms with Crippen LogP contribution in [0.5, 0.6) is 5.75 Å². The molecule has 0 fully saturated rings. The van der Waals surface area contributed by atoms with Gasteiger partial charge in [0.05, 0.1) is 25.4 Å². The number of aromatic nitrogens is 2. The van der Waals surface area contributed by atoms with Crippen LogP contribution >= 0.6 is 0 Å². The molecular weight excluding hydrogens is 314 g/mol. The minimum atomic E-state index is -0.0139. The van der Waals surface area contributed by atoms with E-state index in [4.69, 9.17) is 4.74 Å². The summed E-state index contributed by atoms with van der Waals surface area (Å²) in [4.78, 5) is 12.1. The molecule has 25 heavy (non-hydrogen) atoms. The van der Waals surface area contributed by atoms with E-state index < -0.39 is 0 Å². The minimum absolute atomic E-state index is 0.0139. The zero-order valence-corrected chi connectivity index (χ0v) is 14.2. The third-order valence-corrected chi connectivity index (χ3v) is 3.94. The molecule has 0 radical (unpaired) electrons. The topological polar surface area (TPSA) is 56.1 Å². The van der Waals surface area contributed by atoms with Crippen LogP contribution in [0.4, 0.5) is 0 Å². The molecule has 0 atom stereocenters. The lowest BCUT2D eigenvalue weighted by Gasteiger charge is -2.08. The lowest BCUT2D eigenvalue weighted by molar-refractivity contribution is -0.120. The van der Waals surface area contributed by atoms with Crippen LogP contribution in [0.15, 0.2) is 67.0 Å². The maximum atomic E-state index is 12.1. The number of ether oxygens (including phenoxy) is 1. The second-order valence-corrected chi connectivity index (χ2v) is 5.72. The van der Waals surface area contributed by atoms with Gasteiger partial charge >= 0.3 is 0 Å². The summed E-state index contributed by atoms with van der Waals surface area (Å²) in [6.45, 7) is 0.578. The quantitative estimate of drug-likeness (QED) is 0.722. The third-order valence-electron chi connectivity index (χ3n) is 3.94. The molecular formula is C20H21N3O2. The van der Waals surface area contributed by atoms with Gasteiger partial charge in [-0.1, -0.05) is 36.4 Å². The average molecular weight is 335 g/mol. The predicted molar refractivity (Wildman–Crippen MR) is 97.0 cm³/mol. The van der Waals surface area contributed by atoms with Gasteiger partial charge in [0, 0.05) is 18.3 Å². The maximum absolute atomic E-state index is 12.1. The van der Waals surface area contributed by atoms with Crippen molar-refractivity contribution in [3.63, 3.8) is 0 Å². The van der Waals surface area contributed by atoms with E-state index in [0.29, 0.717) is 13.0 Å². The first-order chi connectivity index (χ1) is 12.3. The summed E-state index contributed by atoms with van der Waals surface area (Å²) in [6, 6.07) is 17.5. The van der Waals surface area contributed by atoms with Crippen LogP contribution in [-0.2, 0) is 17.6 Å². The minimum Gasteiger partial charge on any atom is -0.496 e. The number of methoxy groups -OCH3 is 1. The molecule has 5 nitrogen and oxygen atoms in total. The van der Waals surface area contributed by atoms with Crippen LogP contribution in [0, 0.1) is 0 Å². The normalized spacial score (nSPS) is 10.4. The zero-order chi connectivity index (χ0) is 17.5. The fourth-order valence-corrected chi connectivity index (χ4v) is 2.64. The van der Waals surface area contributed by atoms with Crippen molar-refractivity contribution in [2.45, 2.75) is 12.8 Å². The van der Waals surface area contributed by atoms with Gasteiger partial charge in [-0.05, 0) is 30.2 Å². The molecule has 2 aromatic carbocycles. The Morgan fingerprint density at radius 1 is 1.12 bits per heavy atom. The number of para-hydroxylation sites is 2. The Bertz CT molecular complexity index is 828. The fourth-order valence-electron chi connectivity index (χ4n) is 2.64. The molecule has 3 rings (SSSR count). The van der Waals surface area contributed by atoms with Crippen molar-refractivity contribution in [1.29, 1.82) is 0 Å². The monoisotopic (exact) mass is 335 g/mol. The molecule has 0 bridgehead atoms. The summed E-state index contributed by atoms with van der Waals surface area (Å²) in [5.41, 5.74) is 3.00. The van der Waals surface area contributed by atoms with E-state index in [2.05, 4.69) is 10.4 Å². The molecule has 128 valence electrons. The van der Waals surface area contributed by atoms with Gasteiger partial charge < -0.3 is 10.1 Å². The maximum Gasteiger partial charge on any atom is 0.224 e. The molecule has 0 spiro atoms. The first-order valence-electron chi connectivity index (χ1n) is 8.24. The van der Waals surface area contributed by atoms with Gasteiger partial charge in [0.1, 0.15) is 5.75 Å². The van der Waals surface area contributed by atoms with Crippen LogP contribution < -0.4 is 10.1 Å². The number of hydrogen-bond acceptors (Lipinski definition) is 3. The average Bonchev–Trinajstić information content (AvgIpc) is 3.12. The number of nitrogens with zero attached hydrogens (tertiary/aromatic N) is 2. The van der Waals surface area contributed by atoms with Crippen LogP contribution in [0.2, 0.25) is 0 Å². The number of hydrogen-bond donors (Lipinski definition) is 1. The molecule has 0 aliphatic carbocycles. The summed E-state index contributed by atoms with van der Waals surface area (Å²) in [5, 5.41) is 7.31. The van der Waals surface area contributed by atoms with E-state index in [1.54, 1.807) is 7.11 Å². The van der Waals surface area contributed by atoms with E-state index in [0.717, 1.165) is 29.0 Å². The summed E-state index contributed by atoms with van der Waals surface area (Å²) >= 11 is 0. The molecule has 1 aromatic heterocycles. The molecule has 1 amide bonds. The van der Waals surface area contributed by atoms with Gasteiger partial charge in [-0.15, -0.1) is 0 Å². The number of rotatable bonds is 7. The molecule has 0 saturated heterocycles. The highest BCUT2D eigenvalue weighted by Gasteiger charge is 2.08. The van der Waals surface area contributed by atoms with Crippen molar-refractivity contribution in [1.82, 2.24) is 15.1 Å². The van der Waals surface area contributed by atoms with Crippen molar-refractivity contribution in [3.8, 4) is 11.4 Å². The molecule has 5 heteroatoms. The Kier molecular flexibility index (Phi) is 5.46. The molecule has 0 unspecified atom stereocenters. The highest BCUT2D eigenvalue weighted by Crippen LogP contribution is 2.17. The van der Waals surface area contributed by atoms with Gasteiger partial charge in [-0.25, -0.2) is 4.68 Å². The highest BCUT2D eigenvalue weighted by molar-refractivity contribution is 5.79. The highest BCUT2D eigenvalue weighted by atomic mass is 16.5. The zero-order valence-electron chi connectivity index (χ0n) is 14.2. The molecule has 1 N–H and O–H groups in total. The molecule has 0 saturated carbocycles. The smallest absolute Gasteiger partial charge is 0.224 e. The lowest BCUT2D eigenvalue weighted by atomic mass is 10.1. The Morgan fingerprint density at radius 2 is 1.88 bits per heavy atom. The van der Waals surface area contributed by atoms with E-state index in [1.165, 1.54) is 0 Å². The lowest BCUT2D eigenvalue weighted by Crippen LogP contribution is -2.27. The summed E-state index contributed by atoms with van der Waals surface area (Å²) in [7, 11) is 1.61. The summed E-state index contributed by atoms with van der Waals surface area (Å²) < 4.78 is 7.11. The molecule has 0 aliphatic rings. The van der Waals surface area contributed by atoms with Crippen LogP contribution in [0.25, 0.3) is 5.69 Å². The molecule has 1 heterocycles. The molecule has 0 aliphatic heterocycles. The predicted octanol–water partition coefficient (Wildman–Crippen LogP) is 2.78. The van der Waals surface area contributed by atoms with Crippen molar-refractivity contribution >= 4 is 5.91 Å².